The molecule has 0 spiro atoms. The number of rotatable bonds is 10. The molecule has 0 aliphatic carbocycles. The van der Waals surface area contributed by atoms with Crippen LogP contribution in [0.15, 0.2) is 72.6 Å². The third kappa shape index (κ3) is 6.13. The SMILES string of the molecule is C=CCN(CC(=O)N(Cc1ccc2c(c1)OCO2)Cc1cccs1)C(=O)Nc1ccccc1OC. The van der Waals surface area contributed by atoms with Crippen LogP contribution in [0.5, 0.6) is 17.2 Å². The molecule has 1 aliphatic heterocycles. The van der Waals surface area contributed by atoms with Gasteiger partial charge in [0.05, 0.1) is 19.3 Å². The van der Waals surface area contributed by atoms with E-state index in [1.807, 2.05) is 41.8 Å². The Kier molecular flexibility index (Phi) is 7.89. The van der Waals surface area contributed by atoms with Gasteiger partial charge >= 0.3 is 6.03 Å². The molecule has 1 aromatic heterocycles. The van der Waals surface area contributed by atoms with Gasteiger partial charge in [0.1, 0.15) is 12.3 Å². The van der Waals surface area contributed by atoms with Gasteiger partial charge in [0, 0.05) is 18.0 Å². The van der Waals surface area contributed by atoms with Gasteiger partial charge in [-0.2, -0.15) is 0 Å². The predicted octanol–water partition coefficient (Wildman–Crippen LogP) is 4.73. The average molecular weight is 494 g/mol. The first-order chi connectivity index (χ1) is 17.1. The van der Waals surface area contributed by atoms with Crippen molar-refractivity contribution >= 4 is 29.0 Å². The van der Waals surface area contributed by atoms with Crippen molar-refractivity contribution in [2.24, 2.45) is 0 Å². The smallest absolute Gasteiger partial charge is 0.322 e. The highest BCUT2D eigenvalue weighted by Crippen LogP contribution is 2.33. The van der Waals surface area contributed by atoms with Crippen LogP contribution in [-0.2, 0) is 17.9 Å². The Morgan fingerprint density at radius 2 is 1.91 bits per heavy atom. The molecule has 0 unspecified atom stereocenters. The lowest BCUT2D eigenvalue weighted by atomic mass is 10.2. The summed E-state index contributed by atoms with van der Waals surface area (Å²) in [5.74, 6) is 1.70. The van der Waals surface area contributed by atoms with E-state index < -0.39 is 6.03 Å². The second-order valence-corrected chi connectivity index (χ2v) is 8.85. The lowest BCUT2D eigenvalue weighted by Gasteiger charge is -2.27. The Morgan fingerprint density at radius 3 is 2.69 bits per heavy atom. The fraction of sp³-hybridized carbons (Fsp3) is 0.231. The summed E-state index contributed by atoms with van der Waals surface area (Å²) >= 11 is 1.58. The monoisotopic (exact) mass is 493 g/mol. The summed E-state index contributed by atoms with van der Waals surface area (Å²) in [6.45, 7) is 4.83. The minimum absolute atomic E-state index is 0.108. The van der Waals surface area contributed by atoms with Crippen molar-refractivity contribution in [2.45, 2.75) is 13.1 Å². The predicted molar refractivity (Wildman–Crippen MR) is 135 cm³/mol. The van der Waals surface area contributed by atoms with E-state index in [2.05, 4.69) is 11.9 Å². The van der Waals surface area contributed by atoms with Gasteiger partial charge in [-0.05, 0) is 41.3 Å². The van der Waals surface area contributed by atoms with Crippen LogP contribution in [0.25, 0.3) is 0 Å². The van der Waals surface area contributed by atoms with Gasteiger partial charge in [-0.3, -0.25) is 4.79 Å². The number of carbonyl (C=O) groups excluding carboxylic acids is 2. The number of anilines is 1. The summed E-state index contributed by atoms with van der Waals surface area (Å²) in [5, 5.41) is 4.80. The molecule has 2 heterocycles. The summed E-state index contributed by atoms with van der Waals surface area (Å²) in [5.41, 5.74) is 1.44. The molecule has 182 valence electrons. The average Bonchev–Trinajstić information content (AvgIpc) is 3.55. The summed E-state index contributed by atoms with van der Waals surface area (Å²) < 4.78 is 16.2. The fourth-order valence-electron chi connectivity index (χ4n) is 3.66. The Hall–Kier alpha value is -3.98. The van der Waals surface area contributed by atoms with Crippen molar-refractivity contribution in [3.63, 3.8) is 0 Å². The quantitative estimate of drug-likeness (QED) is 0.413. The minimum atomic E-state index is -0.415. The van der Waals surface area contributed by atoms with Crippen LogP contribution in [0.1, 0.15) is 10.4 Å². The van der Waals surface area contributed by atoms with Crippen molar-refractivity contribution in [1.29, 1.82) is 0 Å². The number of methoxy groups -OCH3 is 1. The summed E-state index contributed by atoms with van der Waals surface area (Å²) in [6, 6.07) is 16.3. The van der Waals surface area contributed by atoms with Crippen LogP contribution in [0.4, 0.5) is 10.5 Å². The van der Waals surface area contributed by atoms with Crippen molar-refractivity contribution in [3.05, 3.63) is 83.1 Å². The first kappa shape index (κ1) is 24.2. The Labute approximate surface area is 208 Å². The standard InChI is InChI=1S/C26H27N3O5S/c1-3-12-28(26(31)27-21-8-4-5-9-22(21)32-2)17-25(30)29(16-20-7-6-13-35-20)15-19-10-11-23-24(14-19)34-18-33-23/h3-11,13-14H,1,12,15-18H2,2H3,(H,27,31). The summed E-state index contributed by atoms with van der Waals surface area (Å²) in [4.78, 5) is 30.7. The molecule has 0 saturated heterocycles. The maximum atomic E-state index is 13.5. The zero-order valence-corrected chi connectivity index (χ0v) is 20.3. The molecule has 3 amide bonds. The van der Waals surface area contributed by atoms with E-state index >= 15 is 0 Å². The van der Waals surface area contributed by atoms with Crippen LogP contribution in [0, 0.1) is 0 Å². The number of ether oxygens (including phenoxy) is 3. The molecule has 3 aromatic rings. The van der Waals surface area contributed by atoms with Crippen LogP contribution in [-0.4, -0.2) is 48.7 Å². The van der Waals surface area contributed by atoms with Gasteiger partial charge in [-0.15, -0.1) is 17.9 Å². The lowest BCUT2D eigenvalue weighted by molar-refractivity contribution is -0.132. The zero-order valence-electron chi connectivity index (χ0n) is 19.4. The zero-order chi connectivity index (χ0) is 24.6. The molecule has 0 fully saturated rings. The number of nitrogens with zero attached hydrogens (tertiary/aromatic N) is 2. The molecule has 35 heavy (non-hydrogen) atoms. The van der Waals surface area contributed by atoms with Gasteiger partial charge in [0.2, 0.25) is 12.7 Å². The summed E-state index contributed by atoms with van der Waals surface area (Å²) in [6.07, 6.45) is 1.59. The van der Waals surface area contributed by atoms with E-state index in [1.165, 1.54) is 12.0 Å². The Balaban J connectivity index is 1.50. The van der Waals surface area contributed by atoms with Crippen LogP contribution in [0.3, 0.4) is 0 Å². The second kappa shape index (κ2) is 11.4. The molecule has 9 heteroatoms. The third-order valence-corrected chi connectivity index (χ3v) is 6.26. The van der Waals surface area contributed by atoms with Crippen molar-refractivity contribution < 1.29 is 23.8 Å². The van der Waals surface area contributed by atoms with Gasteiger partial charge in [-0.1, -0.05) is 30.3 Å². The first-order valence-electron chi connectivity index (χ1n) is 11.1. The number of fused-ring (bicyclic) bond motifs is 1. The number of urea groups is 1. The highest BCUT2D eigenvalue weighted by molar-refractivity contribution is 7.09. The number of carbonyl (C=O) groups is 2. The van der Waals surface area contributed by atoms with Crippen LogP contribution < -0.4 is 19.5 Å². The molecule has 0 bridgehead atoms. The van der Waals surface area contributed by atoms with Crippen molar-refractivity contribution in [2.75, 3.05) is 32.3 Å². The molecule has 0 saturated carbocycles. The topological polar surface area (TPSA) is 80.3 Å². The maximum absolute atomic E-state index is 13.5. The van der Waals surface area contributed by atoms with E-state index in [4.69, 9.17) is 14.2 Å². The summed E-state index contributed by atoms with van der Waals surface area (Å²) in [7, 11) is 1.54. The highest BCUT2D eigenvalue weighted by atomic mass is 32.1. The first-order valence-corrected chi connectivity index (χ1v) is 11.9. The molecule has 0 radical (unpaired) electrons. The molecule has 1 aliphatic rings. The van der Waals surface area contributed by atoms with E-state index in [9.17, 15) is 9.59 Å². The van der Waals surface area contributed by atoms with E-state index in [-0.39, 0.29) is 25.8 Å². The minimum Gasteiger partial charge on any atom is -0.495 e. The number of amides is 3. The maximum Gasteiger partial charge on any atom is 0.322 e. The second-order valence-electron chi connectivity index (χ2n) is 7.82. The van der Waals surface area contributed by atoms with Crippen LogP contribution in [0.2, 0.25) is 0 Å². The number of hydrogen-bond acceptors (Lipinski definition) is 6. The Morgan fingerprint density at radius 1 is 1.09 bits per heavy atom. The van der Waals surface area contributed by atoms with Crippen molar-refractivity contribution in [3.8, 4) is 17.2 Å². The number of hydrogen-bond donors (Lipinski definition) is 1. The Bertz CT molecular complexity index is 1180. The molecule has 4 rings (SSSR count). The molecular weight excluding hydrogens is 466 g/mol. The van der Waals surface area contributed by atoms with Gasteiger partial charge in [0.25, 0.3) is 0 Å². The molecule has 1 N–H and O–H groups in total. The lowest BCUT2D eigenvalue weighted by Crippen LogP contribution is -2.44. The van der Waals surface area contributed by atoms with Gasteiger partial charge in [0.15, 0.2) is 11.5 Å². The fourth-order valence-corrected chi connectivity index (χ4v) is 4.38. The van der Waals surface area contributed by atoms with E-state index in [0.717, 1.165) is 10.4 Å². The molecule has 8 nitrogen and oxygen atoms in total. The van der Waals surface area contributed by atoms with Crippen LogP contribution >= 0.6 is 11.3 Å². The largest absolute Gasteiger partial charge is 0.495 e. The number of benzene rings is 2. The van der Waals surface area contributed by atoms with E-state index in [0.29, 0.717) is 36.0 Å². The third-order valence-electron chi connectivity index (χ3n) is 5.40. The molecular formula is C26H27N3O5S. The normalized spacial score (nSPS) is 11.6. The highest BCUT2D eigenvalue weighted by Gasteiger charge is 2.23. The number of thiophene rings is 1. The van der Waals surface area contributed by atoms with Gasteiger partial charge in [-0.25, -0.2) is 4.79 Å². The molecule has 2 aromatic carbocycles. The number of nitrogens with one attached hydrogen (secondary N) is 1. The van der Waals surface area contributed by atoms with E-state index in [1.54, 1.807) is 40.5 Å². The number of para-hydroxylation sites is 2. The van der Waals surface area contributed by atoms with Gasteiger partial charge < -0.3 is 29.3 Å². The van der Waals surface area contributed by atoms with Crippen molar-refractivity contribution in [1.82, 2.24) is 9.80 Å². The molecule has 0 atom stereocenters.